The molecule has 3 fully saturated rings. The van der Waals surface area contributed by atoms with Gasteiger partial charge in [0, 0.05) is 58.3 Å². The van der Waals surface area contributed by atoms with Gasteiger partial charge in [-0.25, -0.2) is 10.0 Å². The number of carbonyl (C=O) groups excluding carboxylic acids is 1. The van der Waals surface area contributed by atoms with Crippen molar-refractivity contribution in [3.8, 4) is 0 Å². The van der Waals surface area contributed by atoms with Gasteiger partial charge in [0.2, 0.25) is 5.91 Å². The number of aliphatic carboxylic acids is 1. The Morgan fingerprint density at radius 3 is 2.00 bits per heavy atom. The van der Waals surface area contributed by atoms with Crippen LogP contribution in [0.2, 0.25) is 0 Å². The van der Waals surface area contributed by atoms with Crippen LogP contribution in [-0.4, -0.2) is 109 Å². The first-order valence-electron chi connectivity index (χ1n) is 9.96. The van der Waals surface area contributed by atoms with Crippen LogP contribution in [0.1, 0.15) is 25.7 Å². The molecular weight excluding hydrogens is 441 g/mol. The third-order valence-electron chi connectivity index (χ3n) is 6.12. The zero-order valence-electron chi connectivity index (χ0n) is 17.1. The van der Waals surface area contributed by atoms with Gasteiger partial charge in [0.05, 0.1) is 0 Å². The summed E-state index contributed by atoms with van der Waals surface area (Å²) in [4.78, 5) is 28.3. The Hall–Kier alpha value is -0.350. The molecule has 3 aliphatic rings. The lowest BCUT2D eigenvalue weighted by Crippen LogP contribution is -2.56. The molecule has 0 atom stereocenters. The summed E-state index contributed by atoms with van der Waals surface area (Å²) in [7, 11) is 1.80. The second-order valence-corrected chi connectivity index (χ2v) is 7.78. The maximum absolute atomic E-state index is 12.9. The molecule has 8 nitrogen and oxygen atoms in total. The lowest BCUT2D eigenvalue weighted by molar-refractivity contribution is -0.147. The minimum absolute atomic E-state index is 0. The Morgan fingerprint density at radius 2 is 1.48 bits per heavy atom. The maximum atomic E-state index is 12.9. The highest BCUT2D eigenvalue weighted by Crippen LogP contribution is 2.22. The molecule has 3 aliphatic heterocycles. The Labute approximate surface area is 192 Å². The molecule has 0 aromatic carbocycles. The molecule has 2 N–H and O–H groups in total. The number of rotatable bonds is 5. The fraction of sp³-hybridized carbons (Fsp3) is 0.889. The van der Waals surface area contributed by atoms with E-state index in [1.165, 1.54) is 12.8 Å². The van der Waals surface area contributed by atoms with Crippen molar-refractivity contribution < 1.29 is 14.7 Å². The number of carboxylic acid groups (broad SMARTS) is 1. The molecule has 11 heteroatoms. The number of nitrogens with zero attached hydrogens (tertiary/aromatic N) is 4. The second-order valence-electron chi connectivity index (χ2n) is 7.78. The van der Waals surface area contributed by atoms with Gasteiger partial charge < -0.3 is 15.3 Å². The van der Waals surface area contributed by atoms with E-state index in [-0.39, 0.29) is 49.7 Å². The smallest absolute Gasteiger partial charge is 0.319 e. The molecule has 3 heterocycles. The summed E-state index contributed by atoms with van der Waals surface area (Å²) < 4.78 is 0. The van der Waals surface area contributed by atoms with Gasteiger partial charge >= 0.3 is 5.97 Å². The van der Waals surface area contributed by atoms with E-state index in [0.717, 1.165) is 65.2 Å². The summed E-state index contributed by atoms with van der Waals surface area (Å²) in [5.41, 5.74) is 0. The van der Waals surface area contributed by atoms with Crippen LogP contribution >= 0.6 is 37.2 Å². The lowest BCUT2D eigenvalue weighted by atomic mass is 9.95. The van der Waals surface area contributed by atoms with Gasteiger partial charge in [-0.15, -0.1) is 37.2 Å². The number of hydrogen-bond acceptors (Lipinski definition) is 6. The van der Waals surface area contributed by atoms with E-state index in [9.17, 15) is 9.59 Å². The van der Waals surface area contributed by atoms with E-state index in [2.05, 4.69) is 15.1 Å². The number of halogens is 3. The average molecular weight is 477 g/mol. The number of carboxylic acids is 1. The Morgan fingerprint density at radius 1 is 0.931 bits per heavy atom. The van der Waals surface area contributed by atoms with Crippen LogP contribution in [0.5, 0.6) is 0 Å². The highest BCUT2D eigenvalue weighted by molar-refractivity contribution is 5.86. The monoisotopic (exact) mass is 475 g/mol. The van der Waals surface area contributed by atoms with Gasteiger partial charge in [-0.05, 0) is 38.8 Å². The van der Waals surface area contributed by atoms with Crippen LogP contribution in [0.25, 0.3) is 0 Å². The van der Waals surface area contributed by atoms with E-state index in [4.69, 9.17) is 5.11 Å². The Balaban J connectivity index is 0.00000261. The van der Waals surface area contributed by atoms with Gasteiger partial charge in [-0.3, -0.25) is 14.5 Å². The molecular formula is C18H36Cl3N5O3. The summed E-state index contributed by atoms with van der Waals surface area (Å²) in [5.74, 6) is -0.428. The molecule has 0 aromatic rings. The number of likely N-dealkylation sites (N-methyl/N-ethyl adjacent to an activating group) is 1. The minimum Gasteiger partial charge on any atom is -0.480 e. The third kappa shape index (κ3) is 8.01. The van der Waals surface area contributed by atoms with Gasteiger partial charge in [0.25, 0.3) is 0 Å². The molecule has 172 valence electrons. The molecule has 0 saturated carbocycles. The zero-order chi connectivity index (χ0) is 18.5. The molecule has 3 rings (SSSR count). The Kier molecular flexibility index (Phi) is 13.7. The van der Waals surface area contributed by atoms with Gasteiger partial charge in [0.15, 0.2) is 0 Å². The summed E-state index contributed by atoms with van der Waals surface area (Å²) in [6.07, 6.45) is 4.07. The van der Waals surface area contributed by atoms with Gasteiger partial charge in [0.1, 0.15) is 6.54 Å². The summed E-state index contributed by atoms with van der Waals surface area (Å²) in [6.45, 7) is 7.44. The average Bonchev–Trinajstić information content (AvgIpc) is 2.68. The second kappa shape index (κ2) is 13.9. The number of piperazine rings is 1. The SMILES string of the molecule is CN(CC(=O)O)N1CCC(C(=O)N2CCN(C3CCNCC3)CC2)CC1.Cl.Cl.Cl. The first-order chi connectivity index (χ1) is 12.5. The molecule has 3 saturated heterocycles. The van der Waals surface area contributed by atoms with Crippen LogP contribution in [-0.2, 0) is 9.59 Å². The van der Waals surface area contributed by atoms with Crippen molar-refractivity contribution in [1.82, 2.24) is 25.1 Å². The highest BCUT2D eigenvalue weighted by Gasteiger charge is 2.33. The number of hydrazine groups is 1. The van der Waals surface area contributed by atoms with E-state index in [0.29, 0.717) is 11.9 Å². The molecule has 29 heavy (non-hydrogen) atoms. The van der Waals surface area contributed by atoms with Crippen molar-refractivity contribution in [1.29, 1.82) is 0 Å². The van der Waals surface area contributed by atoms with E-state index in [1.807, 2.05) is 5.01 Å². The topological polar surface area (TPSA) is 79.4 Å². The van der Waals surface area contributed by atoms with Crippen molar-refractivity contribution in [2.24, 2.45) is 5.92 Å². The first-order valence-corrected chi connectivity index (χ1v) is 9.96. The van der Waals surface area contributed by atoms with Crippen LogP contribution in [0.15, 0.2) is 0 Å². The van der Waals surface area contributed by atoms with E-state index < -0.39 is 5.97 Å². The zero-order valence-corrected chi connectivity index (χ0v) is 19.6. The molecule has 0 aliphatic carbocycles. The third-order valence-corrected chi connectivity index (χ3v) is 6.12. The summed E-state index contributed by atoms with van der Waals surface area (Å²) in [6, 6.07) is 0.682. The standard InChI is InChI=1S/C18H33N5O3.3ClH/c1-20(14-17(24)25)23-8-4-15(5-9-23)18(26)22-12-10-21(11-13-22)16-2-6-19-7-3-16;;;/h15-16,19H,2-14H2,1H3,(H,24,25);3*1H. The van der Waals surface area contributed by atoms with Crippen molar-refractivity contribution >= 4 is 49.1 Å². The van der Waals surface area contributed by atoms with Gasteiger partial charge in [-0.2, -0.15) is 0 Å². The molecule has 0 bridgehead atoms. The Bertz CT molecular complexity index is 495. The van der Waals surface area contributed by atoms with Crippen LogP contribution in [0.3, 0.4) is 0 Å². The number of hydrogen-bond donors (Lipinski definition) is 2. The normalized spacial score (nSPS) is 22.3. The summed E-state index contributed by atoms with van der Waals surface area (Å²) in [5, 5.41) is 16.1. The largest absolute Gasteiger partial charge is 0.480 e. The molecule has 0 aromatic heterocycles. The molecule has 0 radical (unpaired) electrons. The predicted octanol–water partition coefficient (Wildman–Crippen LogP) is 0.791. The minimum atomic E-state index is -0.822. The predicted molar refractivity (Wildman–Crippen MR) is 120 cm³/mol. The van der Waals surface area contributed by atoms with Crippen LogP contribution in [0.4, 0.5) is 0 Å². The first kappa shape index (κ1) is 28.6. The lowest BCUT2D eigenvalue weighted by Gasteiger charge is -2.43. The molecule has 0 unspecified atom stereocenters. The number of piperidine rings is 2. The van der Waals surface area contributed by atoms with Crippen molar-refractivity contribution in [3.05, 3.63) is 0 Å². The fourth-order valence-corrected chi connectivity index (χ4v) is 4.49. The van der Waals surface area contributed by atoms with Gasteiger partial charge in [-0.1, -0.05) is 0 Å². The molecule has 1 amide bonds. The summed E-state index contributed by atoms with van der Waals surface area (Å²) >= 11 is 0. The van der Waals surface area contributed by atoms with Crippen molar-refractivity contribution in [2.45, 2.75) is 31.7 Å². The number of carbonyl (C=O) groups is 2. The van der Waals surface area contributed by atoms with Crippen LogP contribution < -0.4 is 5.32 Å². The van der Waals surface area contributed by atoms with E-state index in [1.54, 1.807) is 12.1 Å². The number of nitrogens with one attached hydrogen (secondary N) is 1. The maximum Gasteiger partial charge on any atom is 0.319 e. The van der Waals surface area contributed by atoms with Crippen LogP contribution in [0, 0.1) is 5.92 Å². The van der Waals surface area contributed by atoms with Crippen molar-refractivity contribution in [2.75, 3.05) is 66.0 Å². The highest BCUT2D eigenvalue weighted by atomic mass is 35.5. The van der Waals surface area contributed by atoms with E-state index >= 15 is 0 Å². The van der Waals surface area contributed by atoms with Crippen molar-refractivity contribution in [3.63, 3.8) is 0 Å². The quantitative estimate of drug-likeness (QED) is 0.607. The fourth-order valence-electron chi connectivity index (χ4n) is 4.49. The number of amides is 1. The molecule has 0 spiro atoms.